The summed E-state index contributed by atoms with van der Waals surface area (Å²) in [6.45, 7) is 5.67. The second-order valence-corrected chi connectivity index (χ2v) is 12.8. The summed E-state index contributed by atoms with van der Waals surface area (Å²) >= 11 is 2.50. The van der Waals surface area contributed by atoms with Crippen LogP contribution in [0.5, 0.6) is 0 Å². The molecule has 0 spiro atoms. The van der Waals surface area contributed by atoms with Crippen molar-refractivity contribution in [2.24, 2.45) is 0 Å². The van der Waals surface area contributed by atoms with Gasteiger partial charge in [0.2, 0.25) is 0 Å². The average Bonchev–Trinajstić information content (AvgIpc) is 1.66. The fourth-order valence-corrected chi connectivity index (χ4v) is 3.39. The number of halogens is 1. The van der Waals surface area contributed by atoms with Gasteiger partial charge in [0.1, 0.15) is 0 Å². The summed E-state index contributed by atoms with van der Waals surface area (Å²) in [6, 6.07) is 0. The molecule has 0 aromatic heterocycles. The molecular weight excluding hydrogens is 251 g/mol. The number of hydrogen-bond donors (Lipinski definition) is 1. The van der Waals surface area contributed by atoms with Crippen LogP contribution in [0.2, 0.25) is 0 Å². The summed E-state index contributed by atoms with van der Waals surface area (Å²) in [4.78, 5) is 0. The molecule has 1 nitrogen and oxygen atoms in total. The van der Waals surface area contributed by atoms with Crippen molar-refractivity contribution < 1.29 is 0 Å². The zero-order valence-electron chi connectivity index (χ0n) is 5.24. The Morgan fingerprint density at radius 3 is 2.75 bits per heavy atom. The van der Waals surface area contributed by atoms with Crippen molar-refractivity contribution in [1.29, 1.82) is 0 Å². The summed E-state index contributed by atoms with van der Waals surface area (Å²) in [5.41, 5.74) is 0. The van der Waals surface area contributed by atoms with Crippen molar-refractivity contribution in [3.63, 3.8) is 0 Å². The highest BCUT2D eigenvalue weighted by molar-refractivity contribution is 14.2. The topological polar surface area (TPSA) is 12.0 Å². The maximum absolute atomic E-state index is 3.38. The van der Waals surface area contributed by atoms with E-state index in [1.54, 1.807) is 0 Å². The molecule has 2 atom stereocenters. The first-order chi connectivity index (χ1) is 3.77. The predicted octanol–water partition coefficient (Wildman–Crippen LogP) is 2.96. The first-order valence-corrected chi connectivity index (χ1v) is 9.07. The predicted molar refractivity (Wildman–Crippen MR) is 53.5 cm³/mol. The van der Waals surface area contributed by atoms with E-state index in [4.69, 9.17) is 0 Å². The Hall–Kier alpha value is 1.55. The van der Waals surface area contributed by atoms with E-state index in [-0.39, 0.29) is 5.25 Å². The van der Waals surface area contributed by atoms with Gasteiger partial charge in [0, 0.05) is 0 Å². The van der Waals surface area contributed by atoms with Crippen molar-refractivity contribution in [3.8, 4) is 0 Å². The Bertz CT molecular complexity index is 51.3. The van der Waals surface area contributed by atoms with E-state index in [1.165, 1.54) is 13.0 Å². The quantitative estimate of drug-likeness (QED) is 0.467. The molecule has 0 aromatic rings. The standard InChI is InChI=1S/C4H12INP2/c1-3-4-6-7-8(2)5/h6-7H,3-4H2,1-2H3. The molecule has 0 aliphatic rings. The molecular formula is C4H12INP2. The lowest BCUT2D eigenvalue weighted by Crippen LogP contribution is -1.99. The molecule has 0 aromatic carbocycles. The summed E-state index contributed by atoms with van der Waals surface area (Å²) in [5, 5.41) is 3.66. The number of nitrogens with one attached hydrogen (secondary N) is 1. The smallest absolute Gasteiger partial charge is 0.00116 e. The van der Waals surface area contributed by atoms with Crippen LogP contribution in [0.4, 0.5) is 0 Å². The van der Waals surface area contributed by atoms with Crippen LogP contribution in [0.3, 0.4) is 0 Å². The van der Waals surface area contributed by atoms with Crippen LogP contribution >= 0.6 is 35.7 Å². The second-order valence-electron chi connectivity index (χ2n) is 1.52. The minimum atomic E-state index is 0.275. The van der Waals surface area contributed by atoms with Crippen molar-refractivity contribution in [3.05, 3.63) is 0 Å². The maximum atomic E-state index is 3.38. The van der Waals surface area contributed by atoms with Gasteiger partial charge in [-0.15, -0.1) is 0 Å². The van der Waals surface area contributed by atoms with E-state index < -0.39 is 0 Å². The number of rotatable bonds is 4. The first kappa shape index (κ1) is 9.55. The van der Waals surface area contributed by atoms with Crippen LogP contribution < -0.4 is 5.09 Å². The molecule has 0 radical (unpaired) electrons. The summed E-state index contributed by atoms with van der Waals surface area (Å²) < 4.78 is 0. The van der Waals surface area contributed by atoms with Crippen LogP contribution in [0.1, 0.15) is 13.3 Å². The summed E-state index contributed by atoms with van der Waals surface area (Å²) in [5.74, 6) is 0. The molecule has 0 heterocycles. The first-order valence-electron chi connectivity index (χ1n) is 2.65. The molecule has 0 aliphatic heterocycles. The summed E-state index contributed by atoms with van der Waals surface area (Å²) in [6.07, 6.45) is 1.26. The van der Waals surface area contributed by atoms with Gasteiger partial charge in [0.25, 0.3) is 0 Å². The molecule has 50 valence electrons. The largest absolute Gasteiger partial charge is 0.294 e. The van der Waals surface area contributed by atoms with Crippen molar-refractivity contribution in [2.75, 3.05) is 13.2 Å². The lowest BCUT2D eigenvalue weighted by atomic mass is 10.5. The molecule has 0 amide bonds. The molecule has 0 saturated heterocycles. The zero-order valence-corrected chi connectivity index (χ0v) is 9.29. The van der Waals surface area contributed by atoms with E-state index in [2.05, 4.69) is 40.7 Å². The van der Waals surface area contributed by atoms with Gasteiger partial charge in [0.05, 0.1) is 0 Å². The van der Waals surface area contributed by atoms with Crippen molar-refractivity contribution >= 4 is 35.7 Å². The molecule has 0 saturated carbocycles. The number of hydrogen-bond acceptors (Lipinski definition) is 1. The van der Waals surface area contributed by atoms with Crippen LogP contribution in [-0.4, -0.2) is 13.2 Å². The Morgan fingerprint density at radius 2 is 2.38 bits per heavy atom. The SMILES string of the molecule is CCCNPP(C)I. The van der Waals surface area contributed by atoms with Crippen molar-refractivity contribution in [2.45, 2.75) is 13.3 Å². The lowest BCUT2D eigenvalue weighted by Gasteiger charge is -2.02. The zero-order chi connectivity index (χ0) is 6.41. The van der Waals surface area contributed by atoms with Gasteiger partial charge in [-0.05, 0) is 55.3 Å². The van der Waals surface area contributed by atoms with Crippen LogP contribution in [0.25, 0.3) is 0 Å². The van der Waals surface area contributed by atoms with E-state index in [1.807, 2.05) is 0 Å². The maximum Gasteiger partial charge on any atom is -0.00116 e. The van der Waals surface area contributed by atoms with Crippen LogP contribution in [0, 0.1) is 0 Å². The Morgan fingerprint density at radius 1 is 1.75 bits per heavy atom. The molecule has 1 N–H and O–H groups in total. The highest BCUT2D eigenvalue weighted by atomic mass is 127. The second kappa shape index (κ2) is 6.67. The van der Waals surface area contributed by atoms with Gasteiger partial charge in [-0.3, -0.25) is 5.09 Å². The summed E-state index contributed by atoms with van der Waals surface area (Å²) in [7, 11) is 0.997. The fraction of sp³-hybridized carbons (Fsp3) is 1.00. The fourth-order valence-electron chi connectivity index (χ4n) is 0.290. The molecule has 0 fully saturated rings. The Labute approximate surface area is 67.4 Å². The van der Waals surface area contributed by atoms with E-state index in [0.717, 1.165) is 8.42 Å². The molecule has 4 heteroatoms. The highest BCUT2D eigenvalue weighted by Gasteiger charge is 1.89. The molecule has 0 bridgehead atoms. The molecule has 2 unspecified atom stereocenters. The van der Waals surface area contributed by atoms with Gasteiger partial charge in [-0.2, -0.15) is 0 Å². The minimum absolute atomic E-state index is 0.275. The van der Waals surface area contributed by atoms with Crippen molar-refractivity contribution in [1.82, 2.24) is 5.09 Å². The molecule has 8 heavy (non-hydrogen) atoms. The van der Waals surface area contributed by atoms with E-state index in [0.29, 0.717) is 0 Å². The normalized spacial score (nSPS) is 15.4. The Balaban J connectivity index is 2.72. The van der Waals surface area contributed by atoms with Crippen LogP contribution in [-0.2, 0) is 0 Å². The minimum Gasteiger partial charge on any atom is -0.294 e. The van der Waals surface area contributed by atoms with Crippen LogP contribution in [0.15, 0.2) is 0 Å². The van der Waals surface area contributed by atoms with E-state index >= 15 is 0 Å². The van der Waals surface area contributed by atoms with Gasteiger partial charge >= 0.3 is 0 Å². The van der Waals surface area contributed by atoms with Gasteiger partial charge in [-0.25, -0.2) is 0 Å². The van der Waals surface area contributed by atoms with Gasteiger partial charge < -0.3 is 0 Å². The highest BCUT2D eigenvalue weighted by Crippen LogP contribution is 2.56. The lowest BCUT2D eigenvalue weighted by molar-refractivity contribution is 0.877. The van der Waals surface area contributed by atoms with Gasteiger partial charge in [-0.1, -0.05) is 6.92 Å². The third kappa shape index (κ3) is 7.55. The molecule has 0 rings (SSSR count). The Kier molecular flexibility index (Phi) is 7.96. The third-order valence-corrected chi connectivity index (χ3v) is 4.89. The van der Waals surface area contributed by atoms with E-state index in [9.17, 15) is 0 Å². The average molecular weight is 263 g/mol. The third-order valence-electron chi connectivity index (χ3n) is 0.608. The van der Waals surface area contributed by atoms with Gasteiger partial charge in [0.15, 0.2) is 0 Å². The monoisotopic (exact) mass is 263 g/mol. The molecule has 0 aliphatic carbocycles.